The summed E-state index contributed by atoms with van der Waals surface area (Å²) in [5.74, 6) is 0.598. The first-order chi connectivity index (χ1) is 23.9. The van der Waals surface area contributed by atoms with Crippen molar-refractivity contribution >= 4 is 34.9 Å². The summed E-state index contributed by atoms with van der Waals surface area (Å²) in [4.78, 5) is 25.6. The maximum Gasteiger partial charge on any atom is 0.305 e. The van der Waals surface area contributed by atoms with Crippen LogP contribution in [0.3, 0.4) is 0 Å². The highest BCUT2D eigenvalue weighted by Gasteiger charge is 2.22. The van der Waals surface area contributed by atoms with Crippen LogP contribution in [0, 0.1) is 0 Å². The number of carboxylic acid groups (broad SMARTS) is 1. The molecule has 0 aromatic heterocycles. The predicted octanol–water partition coefficient (Wildman–Crippen LogP) is 10.1. The van der Waals surface area contributed by atoms with E-state index in [-0.39, 0.29) is 12.0 Å². The van der Waals surface area contributed by atoms with Crippen LogP contribution in [0.25, 0.3) is 11.1 Å². The molecule has 0 fully saturated rings. The number of carbonyl (C=O) groups is 2. The molecule has 1 amide bonds. The Balaban J connectivity index is 1.17. The zero-order valence-corrected chi connectivity index (χ0v) is 27.1. The van der Waals surface area contributed by atoms with E-state index in [0.717, 1.165) is 28.1 Å². The number of carbonyl (C=O) groups excluding carboxylic acids is 1. The number of benzene rings is 6. The molecule has 0 saturated heterocycles. The third kappa shape index (κ3) is 8.86. The van der Waals surface area contributed by atoms with Crippen LogP contribution in [-0.2, 0) is 11.4 Å². The zero-order chi connectivity index (χ0) is 34.0. The van der Waals surface area contributed by atoms with Gasteiger partial charge in [0.2, 0.25) is 0 Å². The Morgan fingerprint density at radius 3 is 2.10 bits per heavy atom. The lowest BCUT2D eigenvalue weighted by molar-refractivity contribution is -0.137. The molecule has 0 aliphatic heterocycles. The Hall–Kier alpha value is -6.05. The van der Waals surface area contributed by atoms with Crippen molar-refractivity contribution in [2.45, 2.75) is 19.1 Å². The van der Waals surface area contributed by atoms with Gasteiger partial charge in [-0.25, -0.2) is 0 Å². The lowest BCUT2D eigenvalue weighted by Crippen LogP contribution is -2.30. The van der Waals surface area contributed by atoms with Gasteiger partial charge in [-0.1, -0.05) is 103 Å². The molecule has 49 heavy (non-hydrogen) atoms. The molecule has 0 aliphatic carbocycles. The molecule has 7 nitrogen and oxygen atoms in total. The number of hydrogen-bond donors (Lipinski definition) is 3. The van der Waals surface area contributed by atoms with Gasteiger partial charge in [-0.2, -0.15) is 0 Å². The molecule has 1 atom stereocenters. The van der Waals surface area contributed by atoms with Crippen LogP contribution in [0.4, 0.5) is 11.4 Å². The molecule has 0 saturated carbocycles. The highest BCUT2D eigenvalue weighted by atomic mass is 35.5. The van der Waals surface area contributed by atoms with Gasteiger partial charge in [0.15, 0.2) is 0 Å². The molecule has 0 spiro atoms. The van der Waals surface area contributed by atoms with Crippen molar-refractivity contribution in [1.82, 2.24) is 5.32 Å². The number of rotatable bonds is 13. The van der Waals surface area contributed by atoms with Crippen molar-refractivity contribution in [3.8, 4) is 28.4 Å². The summed E-state index contributed by atoms with van der Waals surface area (Å²) in [6, 6.07) is 46.1. The fourth-order valence-electron chi connectivity index (χ4n) is 5.31. The first-order valence-corrected chi connectivity index (χ1v) is 16.1. The monoisotopic (exact) mass is 668 g/mol. The molecule has 8 heteroatoms. The molecule has 244 valence electrons. The first kappa shape index (κ1) is 32.9. The number of anilines is 2. The van der Waals surface area contributed by atoms with E-state index in [2.05, 4.69) is 10.6 Å². The zero-order valence-electron chi connectivity index (χ0n) is 26.4. The molecule has 0 aliphatic rings. The quantitative estimate of drug-likeness (QED) is 0.113. The highest BCUT2D eigenvalue weighted by molar-refractivity contribution is 6.31. The van der Waals surface area contributed by atoms with Crippen LogP contribution < -0.4 is 20.1 Å². The Labute approximate surface area is 289 Å². The summed E-state index contributed by atoms with van der Waals surface area (Å²) in [5, 5.41) is 16.3. The Morgan fingerprint density at radius 2 is 1.39 bits per heavy atom. The minimum atomic E-state index is -1.05. The summed E-state index contributed by atoms with van der Waals surface area (Å²) in [6.07, 6.45) is -0.313. The molecule has 6 aromatic carbocycles. The Kier molecular flexibility index (Phi) is 10.5. The summed E-state index contributed by atoms with van der Waals surface area (Å²) in [5.41, 5.74) is 4.99. The summed E-state index contributed by atoms with van der Waals surface area (Å²) >= 11 is 6.32. The van der Waals surface area contributed by atoms with E-state index in [4.69, 9.17) is 21.1 Å². The predicted molar refractivity (Wildman–Crippen MR) is 193 cm³/mol. The molecular weight excluding hydrogens is 636 g/mol. The number of para-hydroxylation sites is 2. The van der Waals surface area contributed by atoms with Gasteiger partial charge in [-0.15, -0.1) is 0 Å². The van der Waals surface area contributed by atoms with E-state index in [9.17, 15) is 14.7 Å². The van der Waals surface area contributed by atoms with Gasteiger partial charge >= 0.3 is 5.97 Å². The van der Waals surface area contributed by atoms with Gasteiger partial charge in [0, 0.05) is 16.3 Å². The van der Waals surface area contributed by atoms with Crippen molar-refractivity contribution < 1.29 is 24.2 Å². The maximum absolute atomic E-state index is 13.7. The Bertz CT molecular complexity index is 2020. The largest absolute Gasteiger partial charge is 0.489 e. The molecule has 1 unspecified atom stereocenters. The normalized spacial score (nSPS) is 11.3. The number of halogens is 1. The second kappa shape index (κ2) is 15.7. The number of nitrogens with one attached hydrogen (secondary N) is 2. The van der Waals surface area contributed by atoms with Gasteiger partial charge in [-0.3, -0.25) is 9.59 Å². The van der Waals surface area contributed by atoms with Crippen molar-refractivity contribution in [2.75, 3.05) is 5.32 Å². The molecule has 3 N–H and O–H groups in total. The first-order valence-electron chi connectivity index (χ1n) is 15.7. The topological polar surface area (TPSA) is 96.9 Å². The third-order valence-corrected chi connectivity index (χ3v) is 8.01. The number of aliphatic carboxylic acids is 1. The van der Waals surface area contributed by atoms with Crippen LogP contribution in [0.2, 0.25) is 5.02 Å². The van der Waals surface area contributed by atoms with Crippen LogP contribution in [0.5, 0.6) is 17.2 Å². The summed E-state index contributed by atoms with van der Waals surface area (Å²) in [7, 11) is 0. The average Bonchev–Trinajstić information content (AvgIpc) is 3.13. The van der Waals surface area contributed by atoms with Gasteiger partial charge in [0.05, 0.1) is 23.7 Å². The standard InChI is InChI=1S/C41H33ClN2O5/c42-31-19-24-37(43-32-20-22-33(23-21-32)48-27-28-9-3-1-4-10-28)36(25-31)41(47)44-38(26-40(45)46)30-17-15-29(16-18-30)35-13-7-8-14-39(35)49-34-11-5-2-6-12-34/h1-25,38,43H,26-27H2,(H,44,47)(H,45,46). The fraction of sp³-hybridized carbons (Fsp3) is 0.0732. The van der Waals surface area contributed by atoms with Crippen molar-refractivity contribution in [2.24, 2.45) is 0 Å². The van der Waals surface area contributed by atoms with Crippen LogP contribution in [-0.4, -0.2) is 17.0 Å². The van der Waals surface area contributed by atoms with Crippen LogP contribution in [0.15, 0.2) is 152 Å². The van der Waals surface area contributed by atoms with E-state index in [1.165, 1.54) is 0 Å². The van der Waals surface area contributed by atoms with E-state index in [1.807, 2.05) is 133 Å². The lowest BCUT2D eigenvalue weighted by atomic mass is 9.98. The molecule has 0 radical (unpaired) electrons. The SMILES string of the molecule is O=C(O)CC(NC(=O)c1cc(Cl)ccc1Nc1ccc(OCc2ccccc2)cc1)c1ccc(-c2ccccc2Oc2ccccc2)cc1. The number of ether oxygens (including phenoxy) is 2. The molecule has 0 heterocycles. The fourth-order valence-corrected chi connectivity index (χ4v) is 5.48. The number of amides is 1. The molecule has 0 bridgehead atoms. The molecule has 6 aromatic rings. The Morgan fingerprint density at radius 1 is 0.714 bits per heavy atom. The van der Waals surface area contributed by atoms with E-state index < -0.39 is 17.9 Å². The van der Waals surface area contributed by atoms with Crippen molar-refractivity contribution in [3.63, 3.8) is 0 Å². The highest BCUT2D eigenvalue weighted by Crippen LogP contribution is 2.34. The lowest BCUT2D eigenvalue weighted by Gasteiger charge is -2.20. The number of carboxylic acids is 1. The van der Waals surface area contributed by atoms with Crippen molar-refractivity contribution in [1.29, 1.82) is 0 Å². The number of hydrogen-bond acceptors (Lipinski definition) is 5. The second-order valence-electron chi connectivity index (χ2n) is 11.3. The van der Waals surface area contributed by atoms with Gasteiger partial charge in [-0.05, 0) is 77.4 Å². The maximum atomic E-state index is 13.7. The van der Waals surface area contributed by atoms with Crippen LogP contribution >= 0.6 is 11.6 Å². The smallest absolute Gasteiger partial charge is 0.305 e. The summed E-state index contributed by atoms with van der Waals surface area (Å²) in [6.45, 7) is 0.450. The van der Waals surface area contributed by atoms with Gasteiger partial charge in [0.25, 0.3) is 5.91 Å². The molecular formula is C41H33ClN2O5. The minimum absolute atomic E-state index is 0.274. The molecule has 6 rings (SSSR count). The average molecular weight is 669 g/mol. The van der Waals surface area contributed by atoms with E-state index >= 15 is 0 Å². The summed E-state index contributed by atoms with van der Waals surface area (Å²) < 4.78 is 12.0. The van der Waals surface area contributed by atoms with E-state index in [1.54, 1.807) is 18.2 Å². The van der Waals surface area contributed by atoms with Crippen LogP contribution in [0.1, 0.15) is 33.9 Å². The van der Waals surface area contributed by atoms with Gasteiger partial charge in [0.1, 0.15) is 23.9 Å². The van der Waals surface area contributed by atoms with Gasteiger partial charge < -0.3 is 25.2 Å². The third-order valence-electron chi connectivity index (χ3n) is 7.77. The minimum Gasteiger partial charge on any atom is -0.489 e. The van der Waals surface area contributed by atoms with Crippen molar-refractivity contribution in [3.05, 3.63) is 173 Å². The van der Waals surface area contributed by atoms with E-state index in [0.29, 0.717) is 34.4 Å². The second-order valence-corrected chi connectivity index (χ2v) is 11.7.